The number of hydrogen-bond acceptors (Lipinski definition) is 2. The van der Waals surface area contributed by atoms with Crippen molar-refractivity contribution in [3.8, 4) is 0 Å². The van der Waals surface area contributed by atoms with Crippen molar-refractivity contribution in [2.45, 2.75) is 39.3 Å². The molecule has 0 bridgehead atoms. The van der Waals surface area contributed by atoms with Crippen LogP contribution in [0.5, 0.6) is 0 Å². The summed E-state index contributed by atoms with van der Waals surface area (Å²) in [5.74, 6) is 0. The fraction of sp³-hybridized carbons (Fsp3) is 0.667. The van der Waals surface area contributed by atoms with Gasteiger partial charge < -0.3 is 0 Å². The summed E-state index contributed by atoms with van der Waals surface area (Å²) in [4.78, 5) is 0. The molecule has 1 aliphatic heterocycles. The minimum Gasteiger partial charge on any atom is -0.285 e. The van der Waals surface area contributed by atoms with E-state index in [2.05, 4.69) is 43.9 Å². The van der Waals surface area contributed by atoms with Gasteiger partial charge in [-0.3, -0.25) is 5.01 Å². The first kappa shape index (κ1) is 8.31. The van der Waals surface area contributed by atoms with Crippen LogP contribution in [0.3, 0.4) is 0 Å². The maximum Gasteiger partial charge on any atom is 0.0709 e. The SMILES string of the molecule is CC(C)N1N=CC=CC1(C)C. The standard InChI is InChI=1S/C9H16N2/c1-8(2)11-9(3,4)6-5-7-10-11/h5-8H,1-4H3. The van der Waals surface area contributed by atoms with Crippen molar-refractivity contribution in [2.75, 3.05) is 0 Å². The molecular formula is C9H16N2. The molecule has 2 heteroatoms. The number of nitrogens with zero attached hydrogens (tertiary/aromatic N) is 2. The molecule has 0 unspecified atom stereocenters. The molecule has 2 nitrogen and oxygen atoms in total. The predicted molar refractivity (Wildman–Crippen MR) is 48.7 cm³/mol. The fourth-order valence-electron chi connectivity index (χ4n) is 1.41. The zero-order chi connectivity index (χ0) is 8.48. The van der Waals surface area contributed by atoms with Crippen LogP contribution in [0.1, 0.15) is 27.7 Å². The van der Waals surface area contributed by atoms with E-state index in [1.807, 2.05) is 12.3 Å². The zero-order valence-corrected chi connectivity index (χ0v) is 7.70. The smallest absolute Gasteiger partial charge is 0.0709 e. The Hall–Kier alpha value is -0.790. The Morgan fingerprint density at radius 1 is 1.36 bits per heavy atom. The van der Waals surface area contributed by atoms with Gasteiger partial charge in [0.2, 0.25) is 0 Å². The summed E-state index contributed by atoms with van der Waals surface area (Å²) in [5, 5.41) is 6.41. The van der Waals surface area contributed by atoms with Crippen LogP contribution in [0.2, 0.25) is 0 Å². The summed E-state index contributed by atoms with van der Waals surface area (Å²) in [6.45, 7) is 8.64. The molecule has 0 saturated carbocycles. The largest absolute Gasteiger partial charge is 0.285 e. The molecule has 0 atom stereocenters. The van der Waals surface area contributed by atoms with Crippen LogP contribution in [-0.4, -0.2) is 22.8 Å². The van der Waals surface area contributed by atoms with Gasteiger partial charge in [0.15, 0.2) is 0 Å². The van der Waals surface area contributed by atoms with Crippen molar-refractivity contribution < 1.29 is 0 Å². The first-order chi connectivity index (χ1) is 5.04. The second-order valence-corrected chi connectivity index (χ2v) is 3.72. The van der Waals surface area contributed by atoms with Gasteiger partial charge in [-0.15, -0.1) is 0 Å². The molecule has 0 aliphatic carbocycles. The van der Waals surface area contributed by atoms with E-state index >= 15 is 0 Å². The van der Waals surface area contributed by atoms with Gasteiger partial charge in [0.1, 0.15) is 0 Å². The number of allylic oxidation sites excluding steroid dienone is 1. The van der Waals surface area contributed by atoms with Crippen molar-refractivity contribution in [2.24, 2.45) is 5.10 Å². The highest BCUT2D eigenvalue weighted by Crippen LogP contribution is 2.21. The second kappa shape index (κ2) is 2.68. The molecule has 0 aromatic rings. The molecule has 11 heavy (non-hydrogen) atoms. The van der Waals surface area contributed by atoms with Gasteiger partial charge in [0.05, 0.1) is 5.54 Å². The van der Waals surface area contributed by atoms with Gasteiger partial charge in [-0.1, -0.05) is 6.08 Å². The lowest BCUT2D eigenvalue weighted by Crippen LogP contribution is -2.44. The highest BCUT2D eigenvalue weighted by molar-refractivity contribution is 5.72. The number of hydrogen-bond donors (Lipinski definition) is 0. The fourth-order valence-corrected chi connectivity index (χ4v) is 1.41. The molecule has 1 rings (SSSR count). The van der Waals surface area contributed by atoms with Crippen LogP contribution in [0.15, 0.2) is 17.3 Å². The highest BCUT2D eigenvalue weighted by Gasteiger charge is 2.25. The van der Waals surface area contributed by atoms with E-state index in [0.29, 0.717) is 6.04 Å². The maximum absolute atomic E-state index is 4.30. The quantitative estimate of drug-likeness (QED) is 0.561. The molecule has 0 spiro atoms. The van der Waals surface area contributed by atoms with Gasteiger partial charge >= 0.3 is 0 Å². The lowest BCUT2D eigenvalue weighted by atomic mass is 10.0. The summed E-state index contributed by atoms with van der Waals surface area (Å²) in [6.07, 6.45) is 6.00. The molecule has 0 N–H and O–H groups in total. The number of hydrazone groups is 1. The Kier molecular flexibility index (Phi) is 2.03. The Morgan fingerprint density at radius 3 is 2.36 bits per heavy atom. The normalized spacial score (nSPS) is 21.4. The van der Waals surface area contributed by atoms with Crippen LogP contribution in [0, 0.1) is 0 Å². The molecule has 0 aromatic heterocycles. The second-order valence-electron chi connectivity index (χ2n) is 3.72. The summed E-state index contributed by atoms with van der Waals surface area (Å²) < 4.78 is 0. The first-order valence-corrected chi connectivity index (χ1v) is 4.05. The third-order valence-electron chi connectivity index (χ3n) is 1.86. The van der Waals surface area contributed by atoms with Gasteiger partial charge in [-0.2, -0.15) is 5.10 Å². The minimum atomic E-state index is 0.0723. The van der Waals surface area contributed by atoms with Gasteiger partial charge in [0, 0.05) is 12.3 Å². The lowest BCUT2D eigenvalue weighted by molar-refractivity contribution is 0.126. The van der Waals surface area contributed by atoms with Gasteiger partial charge in [0.25, 0.3) is 0 Å². The average molecular weight is 152 g/mol. The number of rotatable bonds is 1. The topological polar surface area (TPSA) is 15.6 Å². The molecule has 0 fully saturated rings. The molecule has 1 heterocycles. The van der Waals surface area contributed by atoms with Crippen molar-refractivity contribution in [3.05, 3.63) is 12.2 Å². The molecule has 1 aliphatic rings. The van der Waals surface area contributed by atoms with E-state index in [4.69, 9.17) is 0 Å². The van der Waals surface area contributed by atoms with Crippen LogP contribution in [0.4, 0.5) is 0 Å². The van der Waals surface area contributed by atoms with Crippen LogP contribution >= 0.6 is 0 Å². The molecule has 62 valence electrons. The molecule has 0 saturated heterocycles. The average Bonchev–Trinajstić information content (AvgIpc) is 1.85. The maximum atomic E-state index is 4.30. The third-order valence-corrected chi connectivity index (χ3v) is 1.86. The van der Waals surface area contributed by atoms with Crippen molar-refractivity contribution in [3.63, 3.8) is 0 Å². The molecule has 0 amide bonds. The van der Waals surface area contributed by atoms with Crippen molar-refractivity contribution >= 4 is 6.21 Å². The molecule has 0 aromatic carbocycles. The summed E-state index contributed by atoms with van der Waals surface area (Å²) >= 11 is 0. The lowest BCUT2D eigenvalue weighted by Gasteiger charge is -2.38. The van der Waals surface area contributed by atoms with E-state index in [9.17, 15) is 0 Å². The third kappa shape index (κ3) is 1.62. The minimum absolute atomic E-state index is 0.0723. The van der Waals surface area contributed by atoms with Crippen LogP contribution < -0.4 is 0 Å². The van der Waals surface area contributed by atoms with Gasteiger partial charge in [-0.25, -0.2) is 0 Å². The monoisotopic (exact) mass is 152 g/mol. The Labute approximate surface area is 68.6 Å². The van der Waals surface area contributed by atoms with Crippen molar-refractivity contribution in [1.29, 1.82) is 0 Å². The molecular weight excluding hydrogens is 136 g/mol. The van der Waals surface area contributed by atoms with Crippen LogP contribution in [-0.2, 0) is 0 Å². The predicted octanol–water partition coefficient (Wildman–Crippen LogP) is 2.03. The zero-order valence-electron chi connectivity index (χ0n) is 7.70. The van der Waals surface area contributed by atoms with Crippen LogP contribution in [0.25, 0.3) is 0 Å². The molecule has 0 radical (unpaired) electrons. The Morgan fingerprint density at radius 2 is 2.00 bits per heavy atom. The van der Waals surface area contributed by atoms with Crippen molar-refractivity contribution in [1.82, 2.24) is 5.01 Å². The Balaban J connectivity index is 2.80. The summed E-state index contributed by atoms with van der Waals surface area (Å²) in [6, 6.07) is 0.464. The van der Waals surface area contributed by atoms with Gasteiger partial charge in [-0.05, 0) is 33.8 Å². The van der Waals surface area contributed by atoms with E-state index < -0.39 is 0 Å². The first-order valence-electron chi connectivity index (χ1n) is 4.05. The van der Waals surface area contributed by atoms with E-state index in [0.717, 1.165) is 0 Å². The van der Waals surface area contributed by atoms with E-state index in [1.54, 1.807) is 0 Å². The summed E-state index contributed by atoms with van der Waals surface area (Å²) in [7, 11) is 0. The van der Waals surface area contributed by atoms with E-state index in [-0.39, 0.29) is 5.54 Å². The highest BCUT2D eigenvalue weighted by atomic mass is 15.5. The summed E-state index contributed by atoms with van der Waals surface area (Å²) in [5.41, 5.74) is 0.0723. The van der Waals surface area contributed by atoms with E-state index in [1.165, 1.54) is 0 Å². The Bertz CT molecular complexity index is 190.